The number of pyridine rings is 1. The van der Waals surface area contributed by atoms with Gasteiger partial charge in [0.15, 0.2) is 0 Å². The van der Waals surface area contributed by atoms with Crippen LogP contribution in [0.3, 0.4) is 0 Å². The zero-order chi connectivity index (χ0) is 10.6. The Morgan fingerprint density at radius 1 is 1.36 bits per heavy atom. The van der Waals surface area contributed by atoms with Gasteiger partial charge in [-0.3, -0.25) is 0 Å². The summed E-state index contributed by atoms with van der Waals surface area (Å²) in [5.74, 6) is 1.59. The number of thioether (sulfide) groups is 1. The molecule has 0 aliphatic rings. The minimum absolute atomic E-state index is 0.183. The third kappa shape index (κ3) is 3.50. The molecule has 0 radical (unpaired) electrons. The molecular weight excluding hydrogens is 214 g/mol. The van der Waals surface area contributed by atoms with Crippen molar-refractivity contribution < 1.29 is 0 Å². The Labute approximate surface area is 95.3 Å². The summed E-state index contributed by atoms with van der Waals surface area (Å²) in [4.78, 5) is 4.39. The second-order valence-corrected chi connectivity index (χ2v) is 5.67. The molecule has 0 aromatic carbocycles. The van der Waals surface area contributed by atoms with Crippen LogP contribution in [0.4, 0.5) is 0 Å². The third-order valence-corrected chi connectivity index (χ3v) is 3.29. The Bertz CT molecular complexity index is 276. The van der Waals surface area contributed by atoms with Crippen molar-refractivity contribution in [1.82, 2.24) is 4.98 Å². The van der Waals surface area contributed by atoms with Crippen LogP contribution in [0.2, 0.25) is 0 Å². The largest absolute Gasteiger partial charge is 0.250 e. The van der Waals surface area contributed by atoms with E-state index in [1.54, 1.807) is 11.8 Å². The molecule has 0 fully saturated rings. The fourth-order valence-electron chi connectivity index (χ4n) is 1.05. The smallest absolute Gasteiger partial charge is 0.0960 e. The fourth-order valence-corrected chi connectivity index (χ4v) is 1.86. The zero-order valence-corrected chi connectivity index (χ0v) is 10.5. The predicted octanol–water partition coefficient (Wildman–Crippen LogP) is 3.71. The molecule has 0 saturated heterocycles. The van der Waals surface area contributed by atoms with Crippen LogP contribution in [-0.2, 0) is 5.41 Å². The van der Waals surface area contributed by atoms with Crippen molar-refractivity contribution in [3.05, 3.63) is 23.9 Å². The first-order chi connectivity index (χ1) is 6.54. The van der Waals surface area contributed by atoms with Crippen molar-refractivity contribution in [2.75, 3.05) is 11.6 Å². The maximum atomic E-state index is 5.61. The number of alkyl halides is 1. The molecule has 14 heavy (non-hydrogen) atoms. The molecule has 1 aromatic rings. The van der Waals surface area contributed by atoms with Crippen LogP contribution < -0.4 is 0 Å². The SMILES string of the molecule is CC(C)(C)c1ccc(SCCCl)nc1. The van der Waals surface area contributed by atoms with Crippen LogP contribution in [0, 0.1) is 0 Å². The van der Waals surface area contributed by atoms with Gasteiger partial charge in [0.25, 0.3) is 0 Å². The monoisotopic (exact) mass is 229 g/mol. The van der Waals surface area contributed by atoms with Crippen LogP contribution in [0.1, 0.15) is 26.3 Å². The average molecular weight is 230 g/mol. The minimum Gasteiger partial charge on any atom is -0.250 e. The van der Waals surface area contributed by atoms with Crippen LogP contribution in [0.5, 0.6) is 0 Å². The molecule has 1 aromatic heterocycles. The third-order valence-electron chi connectivity index (χ3n) is 1.93. The van der Waals surface area contributed by atoms with Gasteiger partial charge in [0.2, 0.25) is 0 Å². The van der Waals surface area contributed by atoms with Crippen LogP contribution in [0.25, 0.3) is 0 Å². The fraction of sp³-hybridized carbons (Fsp3) is 0.545. The molecule has 1 rings (SSSR count). The molecule has 3 heteroatoms. The van der Waals surface area contributed by atoms with E-state index in [9.17, 15) is 0 Å². The Morgan fingerprint density at radius 2 is 2.07 bits per heavy atom. The minimum atomic E-state index is 0.183. The summed E-state index contributed by atoms with van der Waals surface area (Å²) in [5, 5.41) is 1.05. The average Bonchev–Trinajstić information content (AvgIpc) is 2.14. The molecular formula is C11H16ClNS. The summed E-state index contributed by atoms with van der Waals surface area (Å²) in [6, 6.07) is 4.21. The molecule has 0 unspecified atom stereocenters. The van der Waals surface area contributed by atoms with E-state index in [4.69, 9.17) is 11.6 Å². The van der Waals surface area contributed by atoms with Crippen molar-refractivity contribution in [2.24, 2.45) is 0 Å². The molecule has 0 atom stereocenters. The highest BCUT2D eigenvalue weighted by Gasteiger charge is 2.13. The van der Waals surface area contributed by atoms with Gasteiger partial charge < -0.3 is 0 Å². The van der Waals surface area contributed by atoms with E-state index in [0.717, 1.165) is 10.8 Å². The lowest BCUT2D eigenvalue weighted by Gasteiger charge is -2.18. The van der Waals surface area contributed by atoms with E-state index in [-0.39, 0.29) is 5.41 Å². The van der Waals surface area contributed by atoms with E-state index in [2.05, 4.69) is 37.9 Å². The van der Waals surface area contributed by atoms with E-state index >= 15 is 0 Å². The van der Waals surface area contributed by atoms with Gasteiger partial charge in [-0.1, -0.05) is 26.8 Å². The highest BCUT2D eigenvalue weighted by Crippen LogP contribution is 2.23. The molecule has 0 saturated carbocycles. The number of halogens is 1. The Hall–Kier alpha value is -0.210. The lowest BCUT2D eigenvalue weighted by atomic mass is 9.88. The van der Waals surface area contributed by atoms with Gasteiger partial charge in [-0.25, -0.2) is 4.98 Å². The quantitative estimate of drug-likeness (QED) is 0.579. The summed E-state index contributed by atoms with van der Waals surface area (Å²) in [6.07, 6.45) is 1.95. The Balaban J connectivity index is 2.69. The Kier molecular flexibility index (Phi) is 4.27. The predicted molar refractivity (Wildman–Crippen MR) is 64.4 cm³/mol. The summed E-state index contributed by atoms with van der Waals surface area (Å²) in [6.45, 7) is 6.57. The summed E-state index contributed by atoms with van der Waals surface area (Å²) >= 11 is 7.30. The van der Waals surface area contributed by atoms with Crippen molar-refractivity contribution in [3.8, 4) is 0 Å². The molecule has 78 valence electrons. The lowest BCUT2D eigenvalue weighted by Crippen LogP contribution is -2.11. The van der Waals surface area contributed by atoms with Gasteiger partial charge in [0, 0.05) is 17.8 Å². The van der Waals surface area contributed by atoms with E-state index in [1.165, 1.54) is 5.56 Å². The standard InChI is InChI=1S/C11H16ClNS/c1-11(2,3)9-4-5-10(13-8-9)14-7-6-12/h4-5,8H,6-7H2,1-3H3. The number of hydrogen-bond acceptors (Lipinski definition) is 2. The summed E-state index contributed by atoms with van der Waals surface area (Å²) in [5.41, 5.74) is 1.45. The topological polar surface area (TPSA) is 12.9 Å². The molecule has 0 bridgehead atoms. The highest BCUT2D eigenvalue weighted by atomic mass is 35.5. The number of aromatic nitrogens is 1. The van der Waals surface area contributed by atoms with E-state index < -0.39 is 0 Å². The van der Waals surface area contributed by atoms with Crippen LogP contribution in [0.15, 0.2) is 23.4 Å². The van der Waals surface area contributed by atoms with Gasteiger partial charge in [0.1, 0.15) is 0 Å². The van der Waals surface area contributed by atoms with Gasteiger partial charge in [-0.05, 0) is 17.0 Å². The van der Waals surface area contributed by atoms with E-state index in [1.807, 2.05) is 6.20 Å². The molecule has 1 nitrogen and oxygen atoms in total. The number of hydrogen-bond donors (Lipinski definition) is 0. The first-order valence-electron chi connectivity index (χ1n) is 4.69. The second-order valence-electron chi connectivity index (χ2n) is 4.17. The van der Waals surface area contributed by atoms with Gasteiger partial charge in [0.05, 0.1) is 5.03 Å². The van der Waals surface area contributed by atoms with Crippen molar-refractivity contribution in [1.29, 1.82) is 0 Å². The molecule has 0 amide bonds. The molecule has 0 N–H and O–H groups in total. The summed E-state index contributed by atoms with van der Waals surface area (Å²) in [7, 11) is 0. The van der Waals surface area contributed by atoms with Gasteiger partial charge in [-0.2, -0.15) is 0 Å². The summed E-state index contributed by atoms with van der Waals surface area (Å²) < 4.78 is 0. The van der Waals surface area contributed by atoms with Crippen LogP contribution in [-0.4, -0.2) is 16.6 Å². The molecule has 0 aliphatic heterocycles. The first kappa shape index (κ1) is 11.9. The molecule has 1 heterocycles. The Morgan fingerprint density at radius 3 is 2.50 bits per heavy atom. The van der Waals surface area contributed by atoms with Crippen molar-refractivity contribution in [3.63, 3.8) is 0 Å². The second kappa shape index (κ2) is 5.04. The number of nitrogens with zero attached hydrogens (tertiary/aromatic N) is 1. The maximum absolute atomic E-state index is 5.61. The van der Waals surface area contributed by atoms with Gasteiger partial charge in [-0.15, -0.1) is 23.4 Å². The van der Waals surface area contributed by atoms with Crippen LogP contribution >= 0.6 is 23.4 Å². The first-order valence-corrected chi connectivity index (χ1v) is 6.21. The maximum Gasteiger partial charge on any atom is 0.0960 e. The highest BCUT2D eigenvalue weighted by molar-refractivity contribution is 7.99. The molecule has 0 spiro atoms. The number of rotatable bonds is 3. The van der Waals surface area contributed by atoms with Crippen molar-refractivity contribution >= 4 is 23.4 Å². The zero-order valence-electron chi connectivity index (χ0n) is 8.88. The lowest BCUT2D eigenvalue weighted by molar-refractivity contribution is 0.586. The normalized spacial score (nSPS) is 11.7. The van der Waals surface area contributed by atoms with Gasteiger partial charge >= 0.3 is 0 Å². The van der Waals surface area contributed by atoms with Crippen molar-refractivity contribution in [2.45, 2.75) is 31.2 Å². The molecule has 0 aliphatic carbocycles. The van der Waals surface area contributed by atoms with E-state index in [0.29, 0.717) is 5.88 Å².